The van der Waals surface area contributed by atoms with Crippen molar-refractivity contribution in [2.24, 2.45) is 0 Å². The van der Waals surface area contributed by atoms with Crippen LogP contribution in [0.25, 0.3) is 10.6 Å². The second-order valence-electron chi connectivity index (χ2n) is 3.09. The van der Waals surface area contributed by atoms with Gasteiger partial charge in [0.15, 0.2) is 17.5 Å². The maximum atomic E-state index is 12.9. The molecule has 0 amide bonds. The second-order valence-corrected chi connectivity index (χ2v) is 4.12. The third-order valence-electron chi connectivity index (χ3n) is 1.95. The van der Waals surface area contributed by atoms with E-state index in [-0.39, 0.29) is 15.4 Å². The van der Waals surface area contributed by atoms with Gasteiger partial charge in [-0.1, -0.05) is 0 Å². The van der Waals surface area contributed by atoms with E-state index in [2.05, 4.69) is 4.98 Å². The first-order valence-corrected chi connectivity index (χ1v) is 5.14. The third kappa shape index (κ3) is 2.14. The van der Waals surface area contributed by atoms with Crippen molar-refractivity contribution >= 4 is 17.3 Å². The molecule has 2 rings (SSSR count). The molecular formula is C10H4F3NO2S. The summed E-state index contributed by atoms with van der Waals surface area (Å²) in [6, 6.07) is 1.53. The minimum Gasteiger partial charge on any atom is -0.477 e. The van der Waals surface area contributed by atoms with Crippen molar-refractivity contribution in [3.8, 4) is 10.6 Å². The van der Waals surface area contributed by atoms with Gasteiger partial charge in [-0.15, -0.1) is 11.3 Å². The van der Waals surface area contributed by atoms with Gasteiger partial charge in [0.1, 0.15) is 9.88 Å². The van der Waals surface area contributed by atoms with E-state index in [0.29, 0.717) is 0 Å². The second kappa shape index (κ2) is 4.17. The number of carbonyl (C=O) groups is 1. The average molecular weight is 259 g/mol. The Kier molecular flexibility index (Phi) is 2.84. The fourth-order valence-electron chi connectivity index (χ4n) is 1.19. The number of thiazole rings is 1. The molecule has 7 heteroatoms. The van der Waals surface area contributed by atoms with E-state index in [1.54, 1.807) is 0 Å². The number of aromatic nitrogens is 1. The van der Waals surface area contributed by atoms with Crippen LogP contribution < -0.4 is 0 Å². The molecule has 17 heavy (non-hydrogen) atoms. The molecule has 1 heterocycles. The molecule has 2 aromatic rings. The number of hydrogen-bond acceptors (Lipinski definition) is 3. The van der Waals surface area contributed by atoms with Gasteiger partial charge < -0.3 is 5.11 Å². The predicted octanol–water partition coefficient (Wildman–Crippen LogP) is 2.93. The molecule has 3 nitrogen and oxygen atoms in total. The summed E-state index contributed by atoms with van der Waals surface area (Å²) in [6.07, 6.45) is 1.07. The Morgan fingerprint density at radius 3 is 2.29 bits per heavy atom. The summed E-state index contributed by atoms with van der Waals surface area (Å²) in [5, 5.41) is 8.77. The van der Waals surface area contributed by atoms with Crippen LogP contribution in [0.2, 0.25) is 0 Å². The third-order valence-corrected chi connectivity index (χ3v) is 2.98. The molecule has 1 aromatic carbocycles. The molecule has 0 unspecified atom stereocenters. The molecule has 0 atom stereocenters. The Balaban J connectivity index is 2.49. The highest BCUT2D eigenvalue weighted by Crippen LogP contribution is 2.27. The van der Waals surface area contributed by atoms with Crippen molar-refractivity contribution in [3.63, 3.8) is 0 Å². The van der Waals surface area contributed by atoms with Crippen LogP contribution >= 0.6 is 11.3 Å². The summed E-state index contributed by atoms with van der Waals surface area (Å²) < 4.78 is 38.6. The number of hydrogen-bond donors (Lipinski definition) is 1. The van der Waals surface area contributed by atoms with Gasteiger partial charge in [-0.2, -0.15) is 0 Å². The van der Waals surface area contributed by atoms with Crippen molar-refractivity contribution in [3.05, 3.63) is 40.7 Å². The number of halogens is 3. The van der Waals surface area contributed by atoms with Gasteiger partial charge in [0.2, 0.25) is 0 Å². The van der Waals surface area contributed by atoms with Gasteiger partial charge in [0, 0.05) is 5.56 Å². The Hall–Kier alpha value is -1.89. The van der Waals surface area contributed by atoms with E-state index < -0.39 is 23.4 Å². The Morgan fingerprint density at radius 2 is 1.82 bits per heavy atom. The predicted molar refractivity (Wildman–Crippen MR) is 54.4 cm³/mol. The van der Waals surface area contributed by atoms with Gasteiger partial charge in [-0.25, -0.2) is 22.9 Å². The Labute approximate surface area is 97.2 Å². The zero-order chi connectivity index (χ0) is 12.6. The summed E-state index contributed by atoms with van der Waals surface area (Å²) in [5.74, 6) is -5.43. The molecule has 0 aliphatic carbocycles. The number of benzene rings is 1. The first-order chi connectivity index (χ1) is 7.99. The van der Waals surface area contributed by atoms with Crippen LogP contribution in [0.1, 0.15) is 9.67 Å². The largest absolute Gasteiger partial charge is 0.477 e. The molecule has 0 fully saturated rings. The van der Waals surface area contributed by atoms with E-state index in [9.17, 15) is 18.0 Å². The molecular weight excluding hydrogens is 255 g/mol. The van der Waals surface area contributed by atoms with Crippen molar-refractivity contribution in [2.75, 3.05) is 0 Å². The fourth-order valence-corrected chi connectivity index (χ4v) is 1.93. The van der Waals surface area contributed by atoms with Crippen molar-refractivity contribution in [1.82, 2.24) is 4.98 Å². The van der Waals surface area contributed by atoms with E-state index in [1.165, 1.54) is 0 Å². The highest BCUT2D eigenvalue weighted by molar-refractivity contribution is 7.16. The summed E-state index contributed by atoms with van der Waals surface area (Å²) in [5.41, 5.74) is -0.00102. The van der Waals surface area contributed by atoms with E-state index in [0.717, 1.165) is 29.7 Å². The molecule has 0 radical (unpaired) electrons. The van der Waals surface area contributed by atoms with Gasteiger partial charge >= 0.3 is 5.97 Å². The zero-order valence-electron chi connectivity index (χ0n) is 8.08. The maximum Gasteiger partial charge on any atom is 0.347 e. The number of carboxylic acid groups (broad SMARTS) is 1. The van der Waals surface area contributed by atoms with Gasteiger partial charge in [0.05, 0.1) is 6.20 Å². The fraction of sp³-hybridized carbons (Fsp3) is 0. The van der Waals surface area contributed by atoms with Crippen LogP contribution in [-0.2, 0) is 0 Å². The minimum absolute atomic E-state index is 0.00102. The zero-order valence-corrected chi connectivity index (χ0v) is 8.89. The smallest absolute Gasteiger partial charge is 0.347 e. The summed E-state index contributed by atoms with van der Waals surface area (Å²) in [7, 11) is 0. The molecule has 1 aromatic heterocycles. The number of nitrogens with zero attached hydrogens (tertiary/aromatic N) is 1. The van der Waals surface area contributed by atoms with Crippen LogP contribution in [0, 0.1) is 17.5 Å². The number of aromatic carboxylic acids is 1. The lowest BCUT2D eigenvalue weighted by molar-refractivity contribution is 0.0702. The number of rotatable bonds is 2. The van der Waals surface area contributed by atoms with Crippen LogP contribution in [0.5, 0.6) is 0 Å². The summed E-state index contributed by atoms with van der Waals surface area (Å²) >= 11 is 0.751. The van der Waals surface area contributed by atoms with Crippen LogP contribution in [0.4, 0.5) is 13.2 Å². The SMILES string of the molecule is O=C(O)c1cnc(-c2cc(F)c(F)c(F)c2)s1. The first kappa shape index (κ1) is 11.6. The van der Waals surface area contributed by atoms with Crippen LogP contribution in [0.15, 0.2) is 18.3 Å². The molecule has 1 N–H and O–H groups in total. The lowest BCUT2D eigenvalue weighted by Gasteiger charge is -1.99. The van der Waals surface area contributed by atoms with E-state index in [4.69, 9.17) is 5.11 Å². The van der Waals surface area contributed by atoms with Gasteiger partial charge in [-0.05, 0) is 12.1 Å². The topological polar surface area (TPSA) is 50.2 Å². The first-order valence-electron chi connectivity index (χ1n) is 4.33. The molecule has 0 saturated heterocycles. The van der Waals surface area contributed by atoms with E-state index >= 15 is 0 Å². The molecule has 0 bridgehead atoms. The number of carboxylic acids is 1. The van der Waals surface area contributed by atoms with Gasteiger partial charge in [0.25, 0.3) is 0 Å². The quantitative estimate of drug-likeness (QED) is 0.843. The van der Waals surface area contributed by atoms with Crippen LogP contribution in [0.3, 0.4) is 0 Å². The Bertz CT molecular complexity index is 574. The molecule has 0 saturated carbocycles. The van der Waals surface area contributed by atoms with Crippen molar-refractivity contribution < 1.29 is 23.1 Å². The standard InChI is InChI=1S/C10H4F3NO2S/c11-5-1-4(2-6(12)8(5)13)9-14-3-7(17-9)10(15)16/h1-3H,(H,15,16). The molecule has 0 aliphatic heterocycles. The lowest BCUT2D eigenvalue weighted by Crippen LogP contribution is -1.91. The van der Waals surface area contributed by atoms with Crippen molar-refractivity contribution in [1.29, 1.82) is 0 Å². The maximum absolute atomic E-state index is 12.9. The molecule has 88 valence electrons. The summed E-state index contributed by atoms with van der Waals surface area (Å²) in [6.45, 7) is 0. The normalized spacial score (nSPS) is 10.5. The van der Waals surface area contributed by atoms with Crippen molar-refractivity contribution in [2.45, 2.75) is 0 Å². The summed E-state index contributed by atoms with van der Waals surface area (Å²) in [4.78, 5) is 14.2. The minimum atomic E-state index is -1.57. The highest BCUT2D eigenvalue weighted by Gasteiger charge is 2.15. The van der Waals surface area contributed by atoms with Crippen LogP contribution in [-0.4, -0.2) is 16.1 Å². The Morgan fingerprint density at radius 1 is 1.24 bits per heavy atom. The monoisotopic (exact) mass is 259 g/mol. The molecule has 0 aliphatic rings. The van der Waals surface area contributed by atoms with E-state index in [1.807, 2.05) is 0 Å². The average Bonchev–Trinajstić information content (AvgIpc) is 2.74. The van der Waals surface area contributed by atoms with Gasteiger partial charge in [-0.3, -0.25) is 0 Å². The lowest BCUT2D eigenvalue weighted by atomic mass is 10.2. The highest BCUT2D eigenvalue weighted by atomic mass is 32.1. The molecule has 0 spiro atoms.